The Balaban J connectivity index is 1.83. The molecule has 128 valence electrons. The molecule has 2 aromatic heterocycles. The van der Waals surface area contributed by atoms with E-state index >= 15 is 0 Å². The number of hydrogen-bond donors (Lipinski definition) is 1. The maximum Gasteiger partial charge on any atom is 0.266 e. The van der Waals surface area contributed by atoms with Crippen molar-refractivity contribution >= 4 is 17.2 Å². The van der Waals surface area contributed by atoms with Gasteiger partial charge in [0.15, 0.2) is 0 Å². The second-order valence-electron chi connectivity index (χ2n) is 6.06. The fourth-order valence-electron chi connectivity index (χ4n) is 3.06. The third kappa shape index (κ3) is 4.19. The van der Waals surface area contributed by atoms with Gasteiger partial charge in [0.05, 0.1) is 23.4 Å². The number of rotatable bonds is 5. The fourth-order valence-corrected chi connectivity index (χ4v) is 3.87. The van der Waals surface area contributed by atoms with Crippen LogP contribution in [0.3, 0.4) is 0 Å². The number of amides is 1. The third-order valence-corrected chi connectivity index (χ3v) is 5.50. The monoisotopic (exact) mass is 344 g/mol. The lowest BCUT2D eigenvalue weighted by molar-refractivity contribution is 0.0647. The van der Waals surface area contributed by atoms with Gasteiger partial charge in [-0.05, 0) is 50.9 Å². The van der Waals surface area contributed by atoms with E-state index in [1.807, 2.05) is 23.1 Å². The summed E-state index contributed by atoms with van der Waals surface area (Å²) in [6, 6.07) is 6.12. The van der Waals surface area contributed by atoms with Gasteiger partial charge in [-0.3, -0.25) is 9.78 Å². The minimum absolute atomic E-state index is 0.0877. The highest BCUT2D eigenvalue weighted by Gasteiger charge is 2.27. The molecule has 6 heteroatoms. The molecule has 1 aliphatic rings. The SMILES string of the molecule is CCc1ncc(C(=O)N(Cc2ccccn2)[C@@H]2CCCNCC2)s1. The average Bonchev–Trinajstić information content (AvgIpc) is 2.95. The molecule has 1 saturated heterocycles. The number of nitrogens with zero attached hydrogens (tertiary/aromatic N) is 3. The molecule has 0 saturated carbocycles. The highest BCUT2D eigenvalue weighted by molar-refractivity contribution is 7.13. The molecule has 0 spiro atoms. The van der Waals surface area contributed by atoms with E-state index < -0.39 is 0 Å². The Labute approximate surface area is 147 Å². The Hall–Kier alpha value is -1.79. The molecule has 1 fully saturated rings. The summed E-state index contributed by atoms with van der Waals surface area (Å²) < 4.78 is 0. The summed E-state index contributed by atoms with van der Waals surface area (Å²) in [4.78, 5) is 24.6. The summed E-state index contributed by atoms with van der Waals surface area (Å²) in [7, 11) is 0. The summed E-state index contributed by atoms with van der Waals surface area (Å²) in [5.74, 6) is 0.0877. The summed E-state index contributed by atoms with van der Waals surface area (Å²) in [6.07, 6.45) is 7.49. The van der Waals surface area contributed by atoms with Gasteiger partial charge in [-0.25, -0.2) is 4.98 Å². The molecular weight excluding hydrogens is 320 g/mol. The van der Waals surface area contributed by atoms with E-state index in [4.69, 9.17) is 0 Å². The first-order valence-corrected chi connectivity index (χ1v) is 9.46. The van der Waals surface area contributed by atoms with Crippen LogP contribution >= 0.6 is 11.3 Å². The van der Waals surface area contributed by atoms with Gasteiger partial charge in [0.1, 0.15) is 4.88 Å². The molecule has 0 unspecified atom stereocenters. The second kappa shape index (κ2) is 8.35. The Bertz CT molecular complexity index is 650. The quantitative estimate of drug-likeness (QED) is 0.906. The number of thiazole rings is 1. The first kappa shape index (κ1) is 17.0. The first-order valence-electron chi connectivity index (χ1n) is 8.64. The molecule has 1 aliphatic heterocycles. The van der Waals surface area contributed by atoms with Crippen molar-refractivity contribution < 1.29 is 4.79 Å². The molecule has 24 heavy (non-hydrogen) atoms. The van der Waals surface area contributed by atoms with Crippen LogP contribution in [-0.4, -0.2) is 39.9 Å². The molecule has 0 aromatic carbocycles. The molecule has 0 radical (unpaired) electrons. The molecule has 1 atom stereocenters. The predicted octanol–water partition coefficient (Wildman–Crippen LogP) is 2.89. The zero-order valence-corrected chi connectivity index (χ0v) is 14.9. The van der Waals surface area contributed by atoms with Crippen LogP contribution in [0.1, 0.15) is 46.6 Å². The highest BCUT2D eigenvalue weighted by atomic mass is 32.1. The van der Waals surface area contributed by atoms with Crippen LogP contribution in [0.4, 0.5) is 0 Å². The van der Waals surface area contributed by atoms with Crippen LogP contribution in [0.15, 0.2) is 30.6 Å². The van der Waals surface area contributed by atoms with Crippen molar-refractivity contribution in [1.82, 2.24) is 20.2 Å². The number of aromatic nitrogens is 2. The normalized spacial score (nSPS) is 18.1. The number of hydrogen-bond acceptors (Lipinski definition) is 5. The second-order valence-corrected chi connectivity index (χ2v) is 7.18. The van der Waals surface area contributed by atoms with Crippen molar-refractivity contribution in [3.8, 4) is 0 Å². The highest BCUT2D eigenvalue weighted by Crippen LogP contribution is 2.22. The zero-order valence-electron chi connectivity index (χ0n) is 14.1. The Morgan fingerprint density at radius 3 is 3.00 bits per heavy atom. The summed E-state index contributed by atoms with van der Waals surface area (Å²) in [5.41, 5.74) is 0.934. The molecule has 1 N–H and O–H groups in total. The molecule has 0 aliphatic carbocycles. The van der Waals surface area contributed by atoms with E-state index in [9.17, 15) is 4.79 Å². The van der Waals surface area contributed by atoms with Crippen molar-refractivity contribution in [2.75, 3.05) is 13.1 Å². The zero-order chi connectivity index (χ0) is 16.8. The van der Waals surface area contributed by atoms with E-state index in [1.54, 1.807) is 12.4 Å². The van der Waals surface area contributed by atoms with Gasteiger partial charge in [0, 0.05) is 12.2 Å². The maximum atomic E-state index is 13.1. The van der Waals surface area contributed by atoms with E-state index in [-0.39, 0.29) is 11.9 Å². The minimum Gasteiger partial charge on any atom is -0.329 e. The van der Waals surface area contributed by atoms with Crippen molar-refractivity contribution in [3.63, 3.8) is 0 Å². The van der Waals surface area contributed by atoms with E-state index in [2.05, 4.69) is 22.2 Å². The maximum absolute atomic E-state index is 13.1. The molecule has 2 aromatic rings. The number of carbonyl (C=O) groups excluding carboxylic acids is 1. The van der Waals surface area contributed by atoms with E-state index in [0.717, 1.165) is 54.4 Å². The third-order valence-electron chi connectivity index (χ3n) is 4.37. The van der Waals surface area contributed by atoms with Crippen LogP contribution in [-0.2, 0) is 13.0 Å². The van der Waals surface area contributed by atoms with Crippen molar-refractivity contribution in [3.05, 3.63) is 46.2 Å². The lowest BCUT2D eigenvalue weighted by Crippen LogP contribution is -2.40. The van der Waals surface area contributed by atoms with Gasteiger partial charge < -0.3 is 10.2 Å². The number of pyridine rings is 1. The first-order chi connectivity index (χ1) is 11.8. The van der Waals surface area contributed by atoms with Crippen LogP contribution in [0.5, 0.6) is 0 Å². The molecule has 0 bridgehead atoms. The lowest BCUT2D eigenvalue weighted by Gasteiger charge is -2.30. The van der Waals surface area contributed by atoms with Crippen molar-refractivity contribution in [2.45, 2.75) is 45.2 Å². The average molecular weight is 344 g/mol. The van der Waals surface area contributed by atoms with Crippen LogP contribution in [0.2, 0.25) is 0 Å². The molecule has 3 heterocycles. The van der Waals surface area contributed by atoms with Gasteiger partial charge in [-0.15, -0.1) is 11.3 Å². The van der Waals surface area contributed by atoms with E-state index in [1.165, 1.54) is 11.3 Å². The number of aryl methyl sites for hydroxylation is 1. The molecule has 5 nitrogen and oxygen atoms in total. The minimum atomic E-state index is 0.0877. The molecular formula is C18H24N4OS. The summed E-state index contributed by atoms with van der Waals surface area (Å²) in [5, 5.41) is 4.44. The Morgan fingerprint density at radius 2 is 2.25 bits per heavy atom. The van der Waals surface area contributed by atoms with Crippen LogP contribution in [0, 0.1) is 0 Å². The largest absolute Gasteiger partial charge is 0.329 e. The molecule has 3 rings (SSSR count). The molecule has 1 amide bonds. The number of nitrogens with one attached hydrogen (secondary N) is 1. The topological polar surface area (TPSA) is 58.1 Å². The van der Waals surface area contributed by atoms with Gasteiger partial charge in [0.2, 0.25) is 0 Å². The van der Waals surface area contributed by atoms with Crippen molar-refractivity contribution in [1.29, 1.82) is 0 Å². The smallest absolute Gasteiger partial charge is 0.266 e. The summed E-state index contributed by atoms with van der Waals surface area (Å²) in [6.45, 7) is 4.61. The van der Waals surface area contributed by atoms with Gasteiger partial charge in [0.25, 0.3) is 5.91 Å². The van der Waals surface area contributed by atoms with E-state index in [0.29, 0.717) is 6.54 Å². The lowest BCUT2D eigenvalue weighted by atomic mass is 10.1. The van der Waals surface area contributed by atoms with Gasteiger partial charge in [-0.1, -0.05) is 13.0 Å². The standard InChI is InChI=1S/C18H24N4OS/c1-2-17-21-12-16(24-17)18(23)22(13-14-6-3-4-10-20-14)15-7-5-9-19-11-8-15/h3-4,6,10,12,15,19H,2,5,7-9,11,13H2,1H3/t15-/m1/s1. The van der Waals surface area contributed by atoms with Gasteiger partial charge in [-0.2, -0.15) is 0 Å². The Morgan fingerprint density at radius 1 is 1.33 bits per heavy atom. The van der Waals surface area contributed by atoms with Crippen LogP contribution < -0.4 is 5.32 Å². The fraction of sp³-hybridized carbons (Fsp3) is 0.500. The Kier molecular flexibility index (Phi) is 5.93. The number of carbonyl (C=O) groups is 1. The van der Waals surface area contributed by atoms with Crippen molar-refractivity contribution in [2.24, 2.45) is 0 Å². The van der Waals surface area contributed by atoms with Crippen LogP contribution in [0.25, 0.3) is 0 Å². The van der Waals surface area contributed by atoms with Gasteiger partial charge >= 0.3 is 0 Å². The predicted molar refractivity (Wildman–Crippen MR) is 96.1 cm³/mol. The summed E-state index contributed by atoms with van der Waals surface area (Å²) >= 11 is 1.51.